The van der Waals surface area contributed by atoms with E-state index in [-0.39, 0.29) is 0 Å². The molecule has 0 bridgehead atoms. The Morgan fingerprint density at radius 3 is 2.53 bits per heavy atom. The molecule has 1 rings (SSSR count). The molecule has 0 heterocycles. The second kappa shape index (κ2) is 6.58. The maximum absolute atomic E-state index is 7.59. The van der Waals surface area contributed by atoms with Crippen molar-refractivity contribution in [3.63, 3.8) is 0 Å². The van der Waals surface area contributed by atoms with Crippen LogP contribution < -0.4 is 10.6 Å². The standard InChI is InChI=1S/C13H20N4/c1-11(16-13(14)17(2)3)15-10-9-12-7-5-4-6-8-12/h4-8,15H,1,9-10H2,2-3H3,(H2,14,16). The summed E-state index contributed by atoms with van der Waals surface area (Å²) in [5.74, 6) is 0.974. The smallest absolute Gasteiger partial charge is 0.196 e. The van der Waals surface area contributed by atoms with Gasteiger partial charge < -0.3 is 15.5 Å². The molecule has 0 aromatic heterocycles. The lowest BCUT2D eigenvalue weighted by molar-refractivity contribution is 0.584. The van der Waals surface area contributed by atoms with Crippen LogP contribution in [-0.2, 0) is 6.42 Å². The molecule has 1 aromatic carbocycles. The fraction of sp³-hybridized carbons (Fsp3) is 0.308. The lowest BCUT2D eigenvalue weighted by Gasteiger charge is -2.17. The highest BCUT2D eigenvalue weighted by Crippen LogP contribution is 1.98. The van der Waals surface area contributed by atoms with Gasteiger partial charge in [0.1, 0.15) is 0 Å². The van der Waals surface area contributed by atoms with Gasteiger partial charge in [-0.25, -0.2) is 0 Å². The SMILES string of the molecule is C=C(NCCc1ccccc1)NC(=N)N(C)C. The summed E-state index contributed by atoms with van der Waals surface area (Å²) < 4.78 is 0. The molecule has 0 aliphatic rings. The average Bonchev–Trinajstić information content (AvgIpc) is 2.30. The molecular formula is C13H20N4. The van der Waals surface area contributed by atoms with Crippen LogP contribution in [0.5, 0.6) is 0 Å². The Labute approximate surface area is 103 Å². The third-order valence-electron chi connectivity index (χ3n) is 2.31. The number of rotatable bonds is 5. The van der Waals surface area contributed by atoms with E-state index in [0.29, 0.717) is 11.8 Å². The molecule has 0 saturated heterocycles. The lowest BCUT2D eigenvalue weighted by atomic mass is 10.1. The molecule has 0 aliphatic heterocycles. The second-order valence-electron chi connectivity index (χ2n) is 4.01. The van der Waals surface area contributed by atoms with Crippen molar-refractivity contribution in [2.24, 2.45) is 0 Å². The van der Waals surface area contributed by atoms with Crippen LogP contribution in [-0.4, -0.2) is 31.5 Å². The summed E-state index contributed by atoms with van der Waals surface area (Å²) in [4.78, 5) is 1.68. The van der Waals surface area contributed by atoms with E-state index in [0.717, 1.165) is 13.0 Å². The number of hydrogen-bond donors (Lipinski definition) is 3. The van der Waals surface area contributed by atoms with E-state index in [1.807, 2.05) is 32.3 Å². The summed E-state index contributed by atoms with van der Waals surface area (Å²) in [7, 11) is 3.62. The van der Waals surface area contributed by atoms with Gasteiger partial charge in [0, 0.05) is 20.6 Å². The maximum Gasteiger partial charge on any atom is 0.196 e. The van der Waals surface area contributed by atoms with Crippen LogP contribution in [0.25, 0.3) is 0 Å². The van der Waals surface area contributed by atoms with Crippen molar-refractivity contribution in [3.8, 4) is 0 Å². The summed E-state index contributed by atoms with van der Waals surface area (Å²) in [5.41, 5.74) is 1.29. The number of hydrogen-bond acceptors (Lipinski definition) is 2. The molecule has 4 heteroatoms. The number of nitrogens with one attached hydrogen (secondary N) is 3. The third-order valence-corrected chi connectivity index (χ3v) is 2.31. The fourth-order valence-electron chi connectivity index (χ4n) is 1.30. The Morgan fingerprint density at radius 1 is 1.29 bits per heavy atom. The molecule has 4 nitrogen and oxygen atoms in total. The van der Waals surface area contributed by atoms with E-state index in [1.54, 1.807) is 4.90 Å². The zero-order chi connectivity index (χ0) is 12.7. The van der Waals surface area contributed by atoms with E-state index in [9.17, 15) is 0 Å². The molecular weight excluding hydrogens is 212 g/mol. The minimum atomic E-state index is 0.321. The van der Waals surface area contributed by atoms with Crippen LogP contribution in [0.15, 0.2) is 42.7 Å². The molecule has 0 radical (unpaired) electrons. The molecule has 0 amide bonds. The van der Waals surface area contributed by atoms with E-state index in [4.69, 9.17) is 5.41 Å². The van der Waals surface area contributed by atoms with E-state index < -0.39 is 0 Å². The normalized spacial score (nSPS) is 9.53. The van der Waals surface area contributed by atoms with Gasteiger partial charge >= 0.3 is 0 Å². The first-order chi connectivity index (χ1) is 8.09. The molecule has 0 unspecified atom stereocenters. The quantitative estimate of drug-likeness (QED) is 0.531. The summed E-state index contributed by atoms with van der Waals surface area (Å²) in [6.45, 7) is 4.62. The Hall–Kier alpha value is -1.97. The van der Waals surface area contributed by atoms with Gasteiger partial charge in [-0.2, -0.15) is 0 Å². The Bertz CT molecular complexity index is 370. The summed E-state index contributed by atoms with van der Waals surface area (Å²) in [6, 6.07) is 10.3. The van der Waals surface area contributed by atoms with Crippen molar-refractivity contribution in [2.75, 3.05) is 20.6 Å². The minimum Gasteiger partial charge on any atom is -0.372 e. The molecule has 0 saturated carbocycles. The van der Waals surface area contributed by atoms with E-state index >= 15 is 0 Å². The molecule has 3 N–H and O–H groups in total. The molecule has 0 fully saturated rings. The zero-order valence-electron chi connectivity index (χ0n) is 10.5. The van der Waals surface area contributed by atoms with Gasteiger partial charge in [-0.15, -0.1) is 0 Å². The first-order valence-electron chi connectivity index (χ1n) is 5.59. The Balaban J connectivity index is 2.23. The summed E-state index contributed by atoms with van der Waals surface area (Å²) in [6.07, 6.45) is 0.941. The third kappa shape index (κ3) is 5.06. The first-order valence-corrected chi connectivity index (χ1v) is 5.59. The molecule has 0 atom stereocenters. The van der Waals surface area contributed by atoms with Crippen LogP contribution in [0, 0.1) is 5.41 Å². The molecule has 92 valence electrons. The van der Waals surface area contributed by atoms with Crippen LogP contribution in [0.2, 0.25) is 0 Å². The van der Waals surface area contributed by atoms with Crippen molar-refractivity contribution in [3.05, 3.63) is 48.3 Å². The van der Waals surface area contributed by atoms with Crippen LogP contribution in [0.3, 0.4) is 0 Å². The van der Waals surface area contributed by atoms with Gasteiger partial charge in [0.2, 0.25) is 0 Å². The highest BCUT2D eigenvalue weighted by molar-refractivity contribution is 5.77. The monoisotopic (exact) mass is 232 g/mol. The van der Waals surface area contributed by atoms with Crippen molar-refractivity contribution in [2.45, 2.75) is 6.42 Å². The largest absolute Gasteiger partial charge is 0.372 e. The van der Waals surface area contributed by atoms with Gasteiger partial charge in [-0.1, -0.05) is 36.9 Å². The molecule has 17 heavy (non-hydrogen) atoms. The predicted molar refractivity (Wildman–Crippen MR) is 71.8 cm³/mol. The highest BCUT2D eigenvalue weighted by atomic mass is 15.3. The Kier molecular flexibility index (Phi) is 5.07. The van der Waals surface area contributed by atoms with Gasteiger partial charge in [0.15, 0.2) is 5.96 Å². The predicted octanol–water partition coefficient (Wildman–Crippen LogP) is 1.38. The second-order valence-corrected chi connectivity index (χ2v) is 4.01. The van der Waals surface area contributed by atoms with E-state index in [1.165, 1.54) is 5.56 Å². The number of guanidine groups is 1. The molecule has 1 aromatic rings. The van der Waals surface area contributed by atoms with Gasteiger partial charge in [0.25, 0.3) is 0 Å². The minimum absolute atomic E-state index is 0.321. The average molecular weight is 232 g/mol. The topological polar surface area (TPSA) is 51.1 Å². The van der Waals surface area contributed by atoms with Gasteiger partial charge in [-0.3, -0.25) is 5.41 Å². The van der Waals surface area contributed by atoms with E-state index in [2.05, 4.69) is 29.3 Å². The fourth-order valence-corrected chi connectivity index (χ4v) is 1.30. The van der Waals surface area contributed by atoms with Crippen LogP contribution >= 0.6 is 0 Å². The van der Waals surface area contributed by atoms with Crippen molar-refractivity contribution < 1.29 is 0 Å². The van der Waals surface area contributed by atoms with Crippen molar-refractivity contribution in [1.82, 2.24) is 15.5 Å². The van der Waals surface area contributed by atoms with Crippen molar-refractivity contribution in [1.29, 1.82) is 5.41 Å². The molecule has 0 aliphatic carbocycles. The maximum atomic E-state index is 7.59. The van der Waals surface area contributed by atoms with Gasteiger partial charge in [-0.05, 0) is 12.0 Å². The van der Waals surface area contributed by atoms with Crippen LogP contribution in [0.1, 0.15) is 5.56 Å². The molecule has 0 spiro atoms. The number of benzene rings is 1. The number of nitrogens with zero attached hydrogens (tertiary/aromatic N) is 1. The van der Waals surface area contributed by atoms with Gasteiger partial charge in [0.05, 0.1) is 5.82 Å². The van der Waals surface area contributed by atoms with Crippen molar-refractivity contribution >= 4 is 5.96 Å². The Morgan fingerprint density at radius 2 is 1.94 bits per heavy atom. The van der Waals surface area contributed by atoms with Crippen LogP contribution in [0.4, 0.5) is 0 Å². The highest BCUT2D eigenvalue weighted by Gasteiger charge is 1.99. The first kappa shape index (κ1) is 13.1. The lowest BCUT2D eigenvalue weighted by Crippen LogP contribution is -2.39. The summed E-state index contributed by atoms with van der Waals surface area (Å²) in [5, 5.41) is 13.6. The zero-order valence-corrected chi connectivity index (χ0v) is 10.5. The summed E-state index contributed by atoms with van der Waals surface area (Å²) >= 11 is 0.